The Labute approximate surface area is 172 Å². The number of pyridine rings is 1. The number of rotatable bonds is 4. The van der Waals surface area contributed by atoms with Crippen molar-refractivity contribution in [3.05, 3.63) is 64.3 Å². The van der Waals surface area contributed by atoms with Crippen LogP contribution in [-0.4, -0.2) is 25.9 Å². The normalized spacial score (nSPS) is 11.3. The summed E-state index contributed by atoms with van der Waals surface area (Å²) < 4.78 is 1.40. The molecule has 4 heterocycles. The van der Waals surface area contributed by atoms with E-state index < -0.39 is 11.5 Å². The van der Waals surface area contributed by atoms with Gasteiger partial charge in [0.2, 0.25) is 5.91 Å². The summed E-state index contributed by atoms with van der Waals surface area (Å²) in [4.78, 5) is 30.6. The molecule has 5 rings (SSSR count). The van der Waals surface area contributed by atoms with Crippen LogP contribution >= 0.6 is 22.7 Å². The molecule has 0 saturated carbocycles. The average Bonchev–Trinajstić information content (AvgIpc) is 3.38. The summed E-state index contributed by atoms with van der Waals surface area (Å²) in [6, 6.07) is 15.9. The first-order valence-electron chi connectivity index (χ1n) is 8.70. The van der Waals surface area contributed by atoms with E-state index in [1.165, 1.54) is 11.3 Å². The fourth-order valence-electron chi connectivity index (χ4n) is 3.23. The second kappa shape index (κ2) is 6.87. The predicted molar refractivity (Wildman–Crippen MR) is 115 cm³/mol. The van der Waals surface area contributed by atoms with Crippen molar-refractivity contribution in [1.82, 2.24) is 20.0 Å². The number of amides is 1. The Kier molecular flexibility index (Phi) is 4.18. The number of thiophene rings is 2. The zero-order chi connectivity index (χ0) is 20.0. The maximum atomic E-state index is 12.8. The predicted octanol–water partition coefficient (Wildman–Crippen LogP) is 3.28. The Balaban J connectivity index is 1.87. The molecule has 1 aromatic carbocycles. The van der Waals surface area contributed by atoms with Gasteiger partial charge in [0.25, 0.3) is 5.56 Å². The highest BCUT2D eigenvalue weighted by molar-refractivity contribution is 7.25. The number of fused-ring (bicyclic) bond motifs is 3. The molecule has 0 spiro atoms. The van der Waals surface area contributed by atoms with Crippen LogP contribution in [0.2, 0.25) is 0 Å². The summed E-state index contributed by atoms with van der Waals surface area (Å²) in [5.74, 6) is -0.648. The molecule has 0 saturated heterocycles. The lowest BCUT2D eigenvalue weighted by Crippen LogP contribution is -2.30. The van der Waals surface area contributed by atoms with Gasteiger partial charge in [-0.2, -0.15) is 0 Å². The fraction of sp³-hybridized carbons (Fsp3) is 0.0500. The summed E-state index contributed by atoms with van der Waals surface area (Å²) >= 11 is 2.86. The number of hydrogen-bond acceptors (Lipinski definition) is 7. The van der Waals surface area contributed by atoms with E-state index in [1.807, 2.05) is 53.9 Å². The second-order valence-corrected chi connectivity index (χ2v) is 8.32. The quantitative estimate of drug-likeness (QED) is 0.481. The molecule has 0 aliphatic carbocycles. The molecule has 29 heavy (non-hydrogen) atoms. The third kappa shape index (κ3) is 3.00. The zero-order valence-corrected chi connectivity index (χ0v) is 16.5. The van der Waals surface area contributed by atoms with Crippen molar-refractivity contribution in [3.63, 3.8) is 0 Å². The number of hydrogen-bond donors (Lipinski definition) is 1. The van der Waals surface area contributed by atoms with E-state index in [1.54, 1.807) is 11.3 Å². The smallest absolute Gasteiger partial charge is 0.288 e. The molecule has 0 radical (unpaired) electrons. The molecule has 7 nitrogen and oxygen atoms in total. The van der Waals surface area contributed by atoms with Crippen LogP contribution in [0.1, 0.15) is 0 Å². The molecular formula is C20H13N5O2S2. The summed E-state index contributed by atoms with van der Waals surface area (Å²) in [6.45, 7) is -0.310. The standard InChI is InChI=1S/C20H13N5O2S2/c21-15(26)10-25-20(27)18-17(23-24-25)16-12(11-5-2-1-3-6-11)9-13(22-19(16)29-18)14-7-4-8-28-14/h1-9H,10H2,(H2,21,26). The lowest BCUT2D eigenvalue weighted by Gasteiger charge is -2.07. The van der Waals surface area contributed by atoms with Crippen LogP contribution in [0.25, 0.3) is 42.1 Å². The topological polar surface area (TPSA) is 104 Å². The van der Waals surface area contributed by atoms with Gasteiger partial charge < -0.3 is 5.73 Å². The van der Waals surface area contributed by atoms with Crippen LogP contribution in [0.3, 0.4) is 0 Å². The summed E-state index contributed by atoms with van der Waals surface area (Å²) in [5.41, 5.74) is 8.08. The van der Waals surface area contributed by atoms with Gasteiger partial charge in [0.1, 0.15) is 21.6 Å². The molecule has 0 atom stereocenters. The average molecular weight is 419 g/mol. The Morgan fingerprint density at radius 2 is 1.97 bits per heavy atom. The number of aromatic nitrogens is 4. The van der Waals surface area contributed by atoms with Crippen LogP contribution < -0.4 is 11.3 Å². The van der Waals surface area contributed by atoms with Gasteiger partial charge in [0.15, 0.2) is 0 Å². The van der Waals surface area contributed by atoms with Crippen LogP contribution in [0.4, 0.5) is 0 Å². The minimum atomic E-state index is -0.648. The molecule has 0 unspecified atom stereocenters. The highest BCUT2D eigenvalue weighted by Crippen LogP contribution is 2.39. The van der Waals surface area contributed by atoms with Gasteiger partial charge in [-0.05, 0) is 28.6 Å². The highest BCUT2D eigenvalue weighted by atomic mass is 32.1. The zero-order valence-electron chi connectivity index (χ0n) is 14.9. The lowest BCUT2D eigenvalue weighted by molar-refractivity contribution is -0.118. The number of carbonyl (C=O) groups excluding carboxylic acids is 1. The van der Waals surface area contributed by atoms with Crippen molar-refractivity contribution in [2.75, 3.05) is 0 Å². The summed E-state index contributed by atoms with van der Waals surface area (Å²) in [6.07, 6.45) is 0. The fourth-order valence-corrected chi connectivity index (χ4v) is 4.99. The Morgan fingerprint density at radius 3 is 2.69 bits per heavy atom. The lowest BCUT2D eigenvalue weighted by atomic mass is 10.0. The second-order valence-electron chi connectivity index (χ2n) is 6.38. The van der Waals surface area contributed by atoms with Crippen molar-refractivity contribution in [2.24, 2.45) is 5.73 Å². The van der Waals surface area contributed by atoms with Gasteiger partial charge in [0, 0.05) is 5.39 Å². The Bertz CT molecular complexity index is 1420. The van der Waals surface area contributed by atoms with E-state index >= 15 is 0 Å². The van der Waals surface area contributed by atoms with Gasteiger partial charge >= 0.3 is 0 Å². The minimum Gasteiger partial charge on any atom is -0.368 e. The highest BCUT2D eigenvalue weighted by Gasteiger charge is 2.19. The van der Waals surface area contributed by atoms with Gasteiger partial charge in [-0.3, -0.25) is 9.59 Å². The van der Waals surface area contributed by atoms with Crippen molar-refractivity contribution >= 4 is 49.0 Å². The van der Waals surface area contributed by atoms with Gasteiger partial charge in [-0.1, -0.05) is 41.6 Å². The van der Waals surface area contributed by atoms with E-state index in [0.29, 0.717) is 15.0 Å². The molecule has 1 amide bonds. The molecule has 4 aromatic heterocycles. The van der Waals surface area contributed by atoms with Gasteiger partial charge in [-0.25, -0.2) is 9.67 Å². The molecule has 5 aromatic rings. The summed E-state index contributed by atoms with van der Waals surface area (Å²) in [5, 5.41) is 10.9. The maximum Gasteiger partial charge on any atom is 0.288 e. The summed E-state index contributed by atoms with van der Waals surface area (Å²) in [7, 11) is 0. The number of primary amides is 1. The third-order valence-electron chi connectivity index (χ3n) is 4.48. The number of carbonyl (C=O) groups is 1. The molecule has 0 aliphatic rings. The number of nitrogens with two attached hydrogens (primary N) is 1. The van der Waals surface area contributed by atoms with E-state index in [0.717, 1.165) is 31.8 Å². The van der Waals surface area contributed by atoms with Crippen LogP contribution in [-0.2, 0) is 11.3 Å². The van der Waals surface area contributed by atoms with Crippen LogP contribution in [0.15, 0.2) is 58.7 Å². The van der Waals surface area contributed by atoms with Gasteiger partial charge in [-0.15, -0.1) is 27.8 Å². The minimum absolute atomic E-state index is 0.310. The number of benzene rings is 1. The van der Waals surface area contributed by atoms with Gasteiger partial charge in [0.05, 0.1) is 10.6 Å². The first kappa shape index (κ1) is 17.7. The molecule has 142 valence electrons. The molecule has 9 heteroatoms. The number of nitrogens with zero attached hydrogens (tertiary/aromatic N) is 4. The Hall–Kier alpha value is -3.43. The van der Waals surface area contributed by atoms with Crippen molar-refractivity contribution in [3.8, 4) is 21.7 Å². The van der Waals surface area contributed by atoms with Crippen molar-refractivity contribution in [1.29, 1.82) is 0 Å². The molecule has 0 bridgehead atoms. The molecule has 0 aliphatic heterocycles. The van der Waals surface area contributed by atoms with E-state index in [9.17, 15) is 9.59 Å². The first-order chi connectivity index (χ1) is 14.1. The van der Waals surface area contributed by atoms with Crippen LogP contribution in [0.5, 0.6) is 0 Å². The first-order valence-corrected chi connectivity index (χ1v) is 10.4. The molecule has 2 N–H and O–H groups in total. The van der Waals surface area contributed by atoms with E-state index in [2.05, 4.69) is 10.3 Å². The Morgan fingerprint density at radius 1 is 1.14 bits per heavy atom. The maximum absolute atomic E-state index is 12.8. The largest absolute Gasteiger partial charge is 0.368 e. The van der Waals surface area contributed by atoms with E-state index in [4.69, 9.17) is 10.7 Å². The van der Waals surface area contributed by atoms with Crippen molar-refractivity contribution in [2.45, 2.75) is 6.54 Å². The van der Waals surface area contributed by atoms with Crippen molar-refractivity contribution < 1.29 is 4.79 Å². The third-order valence-corrected chi connectivity index (χ3v) is 6.44. The molecular weight excluding hydrogens is 406 g/mol. The van der Waals surface area contributed by atoms with E-state index in [-0.39, 0.29) is 6.54 Å². The monoisotopic (exact) mass is 419 g/mol. The SMILES string of the molecule is NC(=O)Cn1nnc2c(sc3nc(-c4cccs4)cc(-c4ccccc4)c32)c1=O. The van der Waals surface area contributed by atoms with Crippen LogP contribution in [0, 0.1) is 0 Å². The molecule has 0 fully saturated rings.